The Morgan fingerprint density at radius 1 is 1.56 bits per heavy atom. The van der Waals surface area contributed by atoms with Crippen LogP contribution in [0.1, 0.15) is 7.60 Å². The van der Waals surface area contributed by atoms with Gasteiger partial charge in [0.1, 0.15) is 18.3 Å². The van der Waals surface area contributed by atoms with Gasteiger partial charge in [-0.3, -0.25) is 15.3 Å². The molecule has 1 aromatic heterocycles. The Hall–Kier alpha value is -1.52. The SMILES string of the molecule is [2H]C(O)[C@H]1O[C@@H](n2ccc(NO)nc2=O)[C@H](O)[C@@H]1O. The molecule has 18 heavy (non-hydrogen) atoms. The van der Waals surface area contributed by atoms with Gasteiger partial charge in [0.15, 0.2) is 12.0 Å². The minimum Gasteiger partial charge on any atom is -0.394 e. The van der Waals surface area contributed by atoms with E-state index in [0.29, 0.717) is 0 Å². The standard InChI is InChI=1S/C9H13N3O6/c13-3-4-6(14)7(15)8(18-4)12-2-1-5(11-17)10-9(12)16/h1-2,4,6-8,13-15,17H,3H2,(H,10,11,16)/t4-,6-,7-,8-/m1/s1/i3D/t3?,4-,6-,7-,8-. The van der Waals surface area contributed by atoms with Crippen molar-refractivity contribution in [3.8, 4) is 0 Å². The monoisotopic (exact) mass is 260 g/mol. The van der Waals surface area contributed by atoms with Crippen LogP contribution in [0, 0.1) is 0 Å². The molecule has 1 fully saturated rings. The topological polar surface area (TPSA) is 137 Å². The average molecular weight is 260 g/mol. The van der Waals surface area contributed by atoms with E-state index in [-0.39, 0.29) is 5.82 Å². The summed E-state index contributed by atoms with van der Waals surface area (Å²) in [5.41, 5.74) is 0.848. The van der Waals surface area contributed by atoms with E-state index in [1.807, 2.05) is 0 Å². The van der Waals surface area contributed by atoms with Crippen molar-refractivity contribution in [3.05, 3.63) is 22.7 Å². The van der Waals surface area contributed by atoms with Gasteiger partial charge < -0.3 is 20.1 Å². The number of hydrogen-bond acceptors (Lipinski definition) is 8. The highest BCUT2D eigenvalue weighted by Crippen LogP contribution is 2.27. The number of aliphatic hydroxyl groups excluding tert-OH is 3. The van der Waals surface area contributed by atoms with E-state index < -0.39 is 36.8 Å². The van der Waals surface area contributed by atoms with Gasteiger partial charge in [0.25, 0.3) is 0 Å². The fourth-order valence-corrected chi connectivity index (χ4v) is 1.71. The van der Waals surface area contributed by atoms with Gasteiger partial charge in [-0.25, -0.2) is 4.79 Å². The van der Waals surface area contributed by atoms with E-state index in [4.69, 9.17) is 16.4 Å². The zero-order chi connectivity index (χ0) is 14.2. The van der Waals surface area contributed by atoms with E-state index in [0.717, 1.165) is 4.57 Å². The number of nitrogens with one attached hydrogen (secondary N) is 1. The second kappa shape index (κ2) is 5.00. The normalized spacial score (nSPS) is 34.1. The summed E-state index contributed by atoms with van der Waals surface area (Å²) in [6, 6.07) is 1.24. The van der Waals surface area contributed by atoms with E-state index in [9.17, 15) is 15.0 Å². The van der Waals surface area contributed by atoms with Crippen LogP contribution in [-0.2, 0) is 4.74 Å². The summed E-state index contributed by atoms with van der Waals surface area (Å²) >= 11 is 0. The molecule has 0 spiro atoms. The maximum Gasteiger partial charge on any atom is 0.351 e. The summed E-state index contributed by atoms with van der Waals surface area (Å²) in [5.74, 6) is -0.0913. The molecule has 2 rings (SSSR count). The van der Waals surface area contributed by atoms with E-state index in [2.05, 4.69) is 4.98 Å². The molecule has 100 valence electrons. The molecule has 1 unspecified atom stereocenters. The summed E-state index contributed by atoms with van der Waals surface area (Å²) in [6.45, 7) is -1.75. The molecule has 5 atom stereocenters. The van der Waals surface area contributed by atoms with Gasteiger partial charge in [-0.2, -0.15) is 4.98 Å². The number of aliphatic hydroxyl groups is 3. The van der Waals surface area contributed by atoms with Gasteiger partial charge in [-0.05, 0) is 6.07 Å². The van der Waals surface area contributed by atoms with Gasteiger partial charge in [0.2, 0.25) is 0 Å². The smallest absolute Gasteiger partial charge is 0.351 e. The van der Waals surface area contributed by atoms with E-state index in [1.165, 1.54) is 12.3 Å². The highest BCUT2D eigenvalue weighted by atomic mass is 16.6. The first-order chi connectivity index (χ1) is 8.95. The molecule has 0 saturated carbocycles. The Kier molecular flexibility index (Phi) is 3.21. The predicted octanol–water partition coefficient (Wildman–Crippen LogP) is -2.34. The Balaban J connectivity index is 2.30. The van der Waals surface area contributed by atoms with Gasteiger partial charge in [0.05, 0.1) is 7.95 Å². The summed E-state index contributed by atoms with van der Waals surface area (Å²) in [6.07, 6.45) is -4.40. The summed E-state index contributed by atoms with van der Waals surface area (Å²) in [7, 11) is 0. The second-order valence-corrected chi connectivity index (χ2v) is 3.74. The molecule has 9 heteroatoms. The molecule has 0 aliphatic carbocycles. The van der Waals surface area contributed by atoms with Crippen LogP contribution in [0.3, 0.4) is 0 Å². The number of ether oxygens (including phenoxy) is 1. The molecule has 9 nitrogen and oxygen atoms in total. The van der Waals surface area contributed by atoms with Crippen LogP contribution in [-0.4, -0.2) is 55.0 Å². The Morgan fingerprint density at radius 2 is 2.28 bits per heavy atom. The number of anilines is 1. The molecule has 5 N–H and O–H groups in total. The van der Waals surface area contributed by atoms with Crippen LogP contribution >= 0.6 is 0 Å². The third kappa shape index (κ3) is 2.09. The number of nitrogens with zero attached hydrogens (tertiary/aromatic N) is 2. The first kappa shape index (κ1) is 11.6. The van der Waals surface area contributed by atoms with Crippen LogP contribution in [0.25, 0.3) is 0 Å². The lowest BCUT2D eigenvalue weighted by Gasteiger charge is -2.16. The van der Waals surface area contributed by atoms with Crippen LogP contribution < -0.4 is 11.2 Å². The first-order valence-electron chi connectivity index (χ1n) is 5.64. The quantitative estimate of drug-likeness (QED) is 0.381. The minimum absolute atomic E-state index is 0.0913. The van der Waals surface area contributed by atoms with Gasteiger partial charge in [-0.15, -0.1) is 0 Å². The molecular weight excluding hydrogens is 246 g/mol. The maximum absolute atomic E-state index is 11.6. The molecule has 1 saturated heterocycles. The molecule has 1 aliphatic heterocycles. The van der Waals surface area contributed by atoms with Crippen molar-refractivity contribution in [1.82, 2.24) is 9.55 Å². The van der Waals surface area contributed by atoms with Crippen molar-refractivity contribution in [2.24, 2.45) is 0 Å². The predicted molar refractivity (Wildman–Crippen MR) is 56.9 cm³/mol. The third-order valence-corrected chi connectivity index (χ3v) is 2.64. The lowest BCUT2D eigenvalue weighted by molar-refractivity contribution is -0.0549. The summed E-state index contributed by atoms with van der Waals surface area (Å²) < 4.78 is 13.1. The zero-order valence-electron chi connectivity index (χ0n) is 10.0. The van der Waals surface area contributed by atoms with Crippen LogP contribution in [0.5, 0.6) is 0 Å². The van der Waals surface area contributed by atoms with Gasteiger partial charge >= 0.3 is 5.69 Å². The van der Waals surface area contributed by atoms with Crippen LogP contribution in [0.15, 0.2) is 17.1 Å². The molecule has 1 aliphatic rings. The summed E-state index contributed by atoms with van der Waals surface area (Å²) in [4.78, 5) is 15.1. The van der Waals surface area contributed by atoms with E-state index >= 15 is 0 Å². The molecule has 1 aromatic rings. The van der Waals surface area contributed by atoms with Gasteiger partial charge in [-0.1, -0.05) is 0 Å². The molecule has 0 bridgehead atoms. The largest absolute Gasteiger partial charge is 0.394 e. The van der Waals surface area contributed by atoms with Crippen molar-refractivity contribution in [3.63, 3.8) is 0 Å². The third-order valence-electron chi connectivity index (χ3n) is 2.64. The van der Waals surface area contributed by atoms with Crippen molar-refractivity contribution >= 4 is 5.82 Å². The number of rotatable bonds is 3. The Bertz CT molecular complexity index is 509. The van der Waals surface area contributed by atoms with Crippen molar-refractivity contribution in [2.45, 2.75) is 24.5 Å². The van der Waals surface area contributed by atoms with Crippen molar-refractivity contribution in [1.29, 1.82) is 0 Å². The fourth-order valence-electron chi connectivity index (χ4n) is 1.71. The van der Waals surface area contributed by atoms with Crippen LogP contribution in [0.4, 0.5) is 5.82 Å². The Labute approximate surface area is 102 Å². The van der Waals surface area contributed by atoms with Gasteiger partial charge in [0, 0.05) is 6.20 Å². The van der Waals surface area contributed by atoms with E-state index in [1.54, 1.807) is 5.48 Å². The molecule has 0 radical (unpaired) electrons. The highest BCUT2D eigenvalue weighted by Gasteiger charge is 2.43. The zero-order valence-corrected chi connectivity index (χ0v) is 9.04. The number of hydrogen-bond donors (Lipinski definition) is 5. The maximum atomic E-state index is 11.6. The fraction of sp³-hybridized carbons (Fsp3) is 0.556. The first-order valence-corrected chi connectivity index (χ1v) is 5.07. The highest BCUT2D eigenvalue weighted by molar-refractivity contribution is 5.28. The second-order valence-electron chi connectivity index (χ2n) is 3.74. The Morgan fingerprint density at radius 3 is 2.78 bits per heavy atom. The average Bonchev–Trinajstić information content (AvgIpc) is 2.66. The minimum atomic E-state index is -1.75. The number of aromatic nitrogens is 2. The summed E-state index contributed by atoms with van der Waals surface area (Å²) in [5, 5.41) is 37.0. The molecule has 0 aromatic carbocycles. The molecule has 0 amide bonds. The lowest BCUT2D eigenvalue weighted by Crippen LogP contribution is -2.36. The van der Waals surface area contributed by atoms with Crippen LogP contribution in [0.2, 0.25) is 0 Å². The van der Waals surface area contributed by atoms with Crippen molar-refractivity contribution < 1.29 is 26.6 Å². The molecular formula is C9H13N3O6. The lowest BCUT2D eigenvalue weighted by atomic mass is 10.1. The molecule has 2 heterocycles. The van der Waals surface area contributed by atoms with Crippen molar-refractivity contribution in [2.75, 3.05) is 12.1 Å².